The quantitative estimate of drug-likeness (QED) is 0.343. The van der Waals surface area contributed by atoms with Crippen molar-refractivity contribution in [2.45, 2.75) is 71.9 Å². The van der Waals surface area contributed by atoms with Crippen LogP contribution in [0.3, 0.4) is 0 Å². The molecule has 7 heteroatoms. The van der Waals surface area contributed by atoms with Gasteiger partial charge in [-0.2, -0.15) is 0 Å². The van der Waals surface area contributed by atoms with Crippen LogP contribution in [-0.4, -0.2) is 47.0 Å². The van der Waals surface area contributed by atoms with Gasteiger partial charge in [-0.1, -0.05) is 32.6 Å². The fraction of sp³-hybridized carbons (Fsp3) is 0.833. The molecule has 2 N–H and O–H groups in total. The summed E-state index contributed by atoms with van der Waals surface area (Å²) in [7, 11) is 3.69. The minimum atomic E-state index is 0.395. The summed E-state index contributed by atoms with van der Waals surface area (Å²) in [5, 5.41) is 15.2. The lowest BCUT2D eigenvalue weighted by molar-refractivity contribution is 0.195. The number of guanidine groups is 1. The molecule has 1 aromatic heterocycles. The predicted octanol–water partition coefficient (Wildman–Crippen LogP) is 2.55. The Morgan fingerprint density at radius 1 is 1.24 bits per heavy atom. The van der Waals surface area contributed by atoms with Gasteiger partial charge in [-0.25, -0.2) is 4.99 Å². The zero-order valence-corrected chi connectivity index (χ0v) is 16.6. The Morgan fingerprint density at radius 3 is 2.68 bits per heavy atom. The fourth-order valence-electron chi connectivity index (χ4n) is 2.50. The van der Waals surface area contributed by atoms with Crippen molar-refractivity contribution < 1.29 is 4.74 Å². The molecule has 1 atom stereocenters. The van der Waals surface area contributed by atoms with Gasteiger partial charge in [0.25, 0.3) is 0 Å². The highest BCUT2D eigenvalue weighted by atomic mass is 16.5. The van der Waals surface area contributed by atoms with E-state index in [9.17, 15) is 0 Å². The molecule has 1 aromatic rings. The summed E-state index contributed by atoms with van der Waals surface area (Å²) >= 11 is 0. The van der Waals surface area contributed by atoms with Crippen molar-refractivity contribution in [3.63, 3.8) is 0 Å². The maximum absolute atomic E-state index is 5.11. The van der Waals surface area contributed by atoms with Crippen LogP contribution in [0.25, 0.3) is 0 Å². The van der Waals surface area contributed by atoms with Crippen LogP contribution < -0.4 is 10.6 Å². The second-order valence-corrected chi connectivity index (χ2v) is 6.56. The Kier molecular flexibility index (Phi) is 10.9. The minimum absolute atomic E-state index is 0.395. The van der Waals surface area contributed by atoms with Gasteiger partial charge in [0.2, 0.25) is 0 Å². The molecule has 0 bridgehead atoms. The summed E-state index contributed by atoms with van der Waals surface area (Å²) < 4.78 is 7.08. The van der Waals surface area contributed by atoms with Crippen molar-refractivity contribution in [2.75, 3.05) is 20.3 Å². The molecule has 0 aliphatic rings. The molecule has 0 saturated carbocycles. The Labute approximate surface area is 152 Å². The normalized spacial score (nSPS) is 13.1. The van der Waals surface area contributed by atoms with Crippen LogP contribution in [0, 0.1) is 6.92 Å². The first kappa shape index (κ1) is 21.4. The SMILES string of the molecule is CCCCCCC(C)NC(=NCc1nnc(C)n1C)NCCCOC. The van der Waals surface area contributed by atoms with Crippen LogP contribution in [0.1, 0.15) is 64.0 Å². The summed E-state index contributed by atoms with van der Waals surface area (Å²) in [5.74, 6) is 2.60. The molecule has 25 heavy (non-hydrogen) atoms. The minimum Gasteiger partial charge on any atom is -0.385 e. The number of aryl methyl sites for hydroxylation is 1. The maximum Gasteiger partial charge on any atom is 0.191 e. The van der Waals surface area contributed by atoms with Gasteiger partial charge in [-0.3, -0.25) is 0 Å². The highest BCUT2D eigenvalue weighted by molar-refractivity contribution is 5.80. The van der Waals surface area contributed by atoms with Crippen molar-refractivity contribution in [3.05, 3.63) is 11.6 Å². The van der Waals surface area contributed by atoms with Crippen LogP contribution in [0.15, 0.2) is 4.99 Å². The van der Waals surface area contributed by atoms with E-state index in [1.54, 1.807) is 7.11 Å². The van der Waals surface area contributed by atoms with Gasteiger partial charge in [-0.05, 0) is 26.7 Å². The van der Waals surface area contributed by atoms with Crippen LogP contribution in [0.5, 0.6) is 0 Å². The zero-order valence-electron chi connectivity index (χ0n) is 16.6. The molecule has 0 saturated heterocycles. The number of hydrogen-bond donors (Lipinski definition) is 2. The van der Waals surface area contributed by atoms with E-state index in [2.05, 4.69) is 39.7 Å². The molecule has 0 spiro atoms. The molecule has 0 aromatic carbocycles. The molecule has 0 amide bonds. The molecule has 0 radical (unpaired) electrons. The molecule has 1 heterocycles. The molecule has 0 aliphatic carbocycles. The highest BCUT2D eigenvalue weighted by Gasteiger charge is 2.08. The lowest BCUT2D eigenvalue weighted by Crippen LogP contribution is -2.42. The third kappa shape index (κ3) is 8.86. The van der Waals surface area contributed by atoms with Crippen molar-refractivity contribution in [2.24, 2.45) is 12.0 Å². The second-order valence-electron chi connectivity index (χ2n) is 6.56. The second kappa shape index (κ2) is 12.7. The number of methoxy groups -OCH3 is 1. The number of hydrogen-bond acceptors (Lipinski definition) is 4. The van der Waals surface area contributed by atoms with Gasteiger partial charge >= 0.3 is 0 Å². The lowest BCUT2D eigenvalue weighted by atomic mass is 10.1. The van der Waals surface area contributed by atoms with E-state index >= 15 is 0 Å². The molecule has 7 nitrogen and oxygen atoms in total. The summed E-state index contributed by atoms with van der Waals surface area (Å²) in [6.07, 6.45) is 7.24. The monoisotopic (exact) mass is 352 g/mol. The van der Waals surface area contributed by atoms with Crippen molar-refractivity contribution in [3.8, 4) is 0 Å². The number of nitrogens with zero attached hydrogens (tertiary/aromatic N) is 4. The van der Waals surface area contributed by atoms with E-state index in [0.29, 0.717) is 12.6 Å². The lowest BCUT2D eigenvalue weighted by Gasteiger charge is -2.18. The molecular formula is C18H36N6O. The molecule has 144 valence electrons. The van der Waals surface area contributed by atoms with E-state index in [4.69, 9.17) is 4.74 Å². The fourth-order valence-corrected chi connectivity index (χ4v) is 2.50. The van der Waals surface area contributed by atoms with E-state index in [1.165, 1.54) is 25.7 Å². The number of ether oxygens (including phenoxy) is 1. The summed E-state index contributed by atoms with van der Waals surface area (Å²) in [6.45, 7) is 8.49. The van der Waals surface area contributed by atoms with Gasteiger partial charge in [0.05, 0.1) is 0 Å². The van der Waals surface area contributed by atoms with E-state index in [0.717, 1.165) is 43.6 Å². The van der Waals surface area contributed by atoms with Crippen molar-refractivity contribution in [1.29, 1.82) is 0 Å². The molecule has 1 unspecified atom stereocenters. The number of nitrogens with one attached hydrogen (secondary N) is 2. The molecule has 1 rings (SSSR count). The van der Waals surface area contributed by atoms with E-state index < -0.39 is 0 Å². The van der Waals surface area contributed by atoms with Gasteiger partial charge < -0.3 is 19.9 Å². The van der Waals surface area contributed by atoms with Gasteiger partial charge in [-0.15, -0.1) is 10.2 Å². The standard InChI is InChI=1S/C18H36N6O/c1-6-7-8-9-11-15(2)21-18(19-12-10-13-25-5)20-14-17-23-22-16(3)24(17)4/h15H,6-14H2,1-5H3,(H2,19,20,21). The average Bonchev–Trinajstić information content (AvgIpc) is 2.92. The molecule has 0 fully saturated rings. The topological polar surface area (TPSA) is 76.4 Å². The third-order valence-electron chi connectivity index (χ3n) is 4.25. The van der Waals surface area contributed by atoms with Crippen LogP contribution in [0.4, 0.5) is 0 Å². The third-order valence-corrected chi connectivity index (χ3v) is 4.25. The number of rotatable bonds is 12. The van der Waals surface area contributed by atoms with E-state index in [1.807, 2.05) is 18.5 Å². The van der Waals surface area contributed by atoms with Gasteiger partial charge in [0.1, 0.15) is 12.4 Å². The van der Waals surface area contributed by atoms with Gasteiger partial charge in [0, 0.05) is 33.4 Å². The zero-order chi connectivity index (χ0) is 18.5. The largest absolute Gasteiger partial charge is 0.385 e. The van der Waals surface area contributed by atoms with Crippen LogP contribution >= 0.6 is 0 Å². The van der Waals surface area contributed by atoms with Gasteiger partial charge in [0.15, 0.2) is 11.8 Å². The maximum atomic E-state index is 5.11. The molecular weight excluding hydrogens is 316 g/mol. The van der Waals surface area contributed by atoms with Crippen LogP contribution in [0.2, 0.25) is 0 Å². The first-order chi connectivity index (χ1) is 12.1. The Morgan fingerprint density at radius 2 is 2.04 bits per heavy atom. The Bertz CT molecular complexity index is 500. The van der Waals surface area contributed by atoms with Crippen molar-refractivity contribution >= 4 is 5.96 Å². The van der Waals surface area contributed by atoms with E-state index in [-0.39, 0.29) is 0 Å². The first-order valence-electron chi connectivity index (χ1n) is 9.47. The Balaban J connectivity index is 2.55. The molecule has 0 aliphatic heterocycles. The number of unbranched alkanes of at least 4 members (excludes halogenated alkanes) is 3. The number of aromatic nitrogens is 3. The average molecular weight is 353 g/mol. The summed E-state index contributed by atoms with van der Waals surface area (Å²) in [5.41, 5.74) is 0. The van der Waals surface area contributed by atoms with Crippen LogP contribution in [-0.2, 0) is 18.3 Å². The highest BCUT2D eigenvalue weighted by Crippen LogP contribution is 2.05. The van der Waals surface area contributed by atoms with Crippen molar-refractivity contribution in [1.82, 2.24) is 25.4 Å². The summed E-state index contributed by atoms with van der Waals surface area (Å²) in [4.78, 5) is 4.68. The predicted molar refractivity (Wildman–Crippen MR) is 103 cm³/mol. The smallest absolute Gasteiger partial charge is 0.191 e. The summed E-state index contributed by atoms with van der Waals surface area (Å²) in [6, 6.07) is 0.395. The number of aliphatic imine (C=N–C) groups is 1. The first-order valence-corrected chi connectivity index (χ1v) is 9.47. The Hall–Kier alpha value is -1.63.